The van der Waals surface area contributed by atoms with Gasteiger partial charge in [0.2, 0.25) is 0 Å². The van der Waals surface area contributed by atoms with E-state index < -0.39 is 0 Å². The molecule has 3 rings (SSSR count). The summed E-state index contributed by atoms with van der Waals surface area (Å²) in [5.74, 6) is 0.637. The Hall–Kier alpha value is -2.38. The Morgan fingerprint density at radius 3 is 2.75 bits per heavy atom. The maximum absolute atomic E-state index is 12.4. The van der Waals surface area contributed by atoms with Crippen molar-refractivity contribution in [1.29, 1.82) is 0 Å². The molecule has 1 heterocycles. The summed E-state index contributed by atoms with van der Waals surface area (Å²) in [6.07, 6.45) is 3.20. The predicted molar refractivity (Wildman–Crippen MR) is 109 cm³/mol. The summed E-state index contributed by atoms with van der Waals surface area (Å²) in [4.78, 5) is 26.8. The molecule has 7 heteroatoms. The van der Waals surface area contributed by atoms with E-state index in [4.69, 9.17) is 9.47 Å². The van der Waals surface area contributed by atoms with Crippen LogP contribution < -0.4 is 15.6 Å². The van der Waals surface area contributed by atoms with Gasteiger partial charge in [0.1, 0.15) is 5.75 Å². The maximum Gasteiger partial charge on any atom is 0.279 e. The van der Waals surface area contributed by atoms with E-state index in [1.165, 1.54) is 21.8 Å². The Bertz CT molecular complexity index is 862. The van der Waals surface area contributed by atoms with Crippen LogP contribution in [0.2, 0.25) is 0 Å². The second kappa shape index (κ2) is 9.21. The number of carbonyl (C=O) groups is 2. The topological polar surface area (TPSA) is 76.7 Å². The highest BCUT2D eigenvalue weighted by molar-refractivity contribution is 7.14. The molecular formula is C21H26N2O4S. The van der Waals surface area contributed by atoms with Gasteiger partial charge in [0, 0.05) is 22.6 Å². The van der Waals surface area contributed by atoms with E-state index in [-0.39, 0.29) is 11.8 Å². The lowest BCUT2D eigenvalue weighted by atomic mass is 9.90. The van der Waals surface area contributed by atoms with E-state index in [0.717, 1.165) is 24.8 Å². The second-order valence-electron chi connectivity index (χ2n) is 6.98. The fourth-order valence-electron chi connectivity index (χ4n) is 3.31. The Morgan fingerprint density at radius 1 is 1.21 bits per heavy atom. The fraction of sp³-hybridized carbons (Fsp3) is 0.429. The first kappa shape index (κ1) is 20.4. The van der Waals surface area contributed by atoms with Gasteiger partial charge in [0.25, 0.3) is 11.8 Å². The smallest absolute Gasteiger partial charge is 0.279 e. The summed E-state index contributed by atoms with van der Waals surface area (Å²) < 4.78 is 10.7. The molecule has 1 aliphatic carbocycles. The average molecular weight is 403 g/mol. The predicted octanol–water partition coefficient (Wildman–Crippen LogP) is 3.49. The van der Waals surface area contributed by atoms with Crippen molar-refractivity contribution in [3.05, 3.63) is 50.7 Å². The zero-order valence-corrected chi connectivity index (χ0v) is 17.3. The lowest BCUT2D eigenvalue weighted by molar-refractivity contribution is 0.0848. The lowest BCUT2D eigenvalue weighted by Crippen LogP contribution is -2.41. The van der Waals surface area contributed by atoms with E-state index in [2.05, 4.69) is 17.8 Å². The third-order valence-corrected chi connectivity index (χ3v) is 6.08. The van der Waals surface area contributed by atoms with Crippen LogP contribution in [0.4, 0.5) is 0 Å². The zero-order valence-electron chi connectivity index (χ0n) is 16.5. The van der Waals surface area contributed by atoms with Crippen molar-refractivity contribution in [3.8, 4) is 5.75 Å². The molecule has 0 saturated heterocycles. The van der Waals surface area contributed by atoms with Crippen LogP contribution in [0.25, 0.3) is 0 Å². The Balaban J connectivity index is 1.63. The molecule has 1 aromatic heterocycles. The minimum Gasteiger partial charge on any atom is -0.496 e. The largest absolute Gasteiger partial charge is 0.496 e. The molecule has 0 fully saturated rings. The van der Waals surface area contributed by atoms with Crippen LogP contribution in [0.3, 0.4) is 0 Å². The molecule has 2 N–H and O–H groups in total. The van der Waals surface area contributed by atoms with Crippen molar-refractivity contribution in [1.82, 2.24) is 10.9 Å². The molecule has 0 unspecified atom stereocenters. The summed E-state index contributed by atoms with van der Waals surface area (Å²) in [7, 11) is 1.58. The highest BCUT2D eigenvalue weighted by Gasteiger charge is 2.21. The molecule has 1 atom stereocenters. The number of hydrazine groups is 1. The highest BCUT2D eigenvalue weighted by atomic mass is 32.1. The van der Waals surface area contributed by atoms with Crippen LogP contribution >= 0.6 is 11.3 Å². The van der Waals surface area contributed by atoms with E-state index >= 15 is 0 Å². The molecule has 0 aliphatic heterocycles. The van der Waals surface area contributed by atoms with Crippen LogP contribution in [0.15, 0.2) is 24.3 Å². The Kier molecular flexibility index (Phi) is 6.70. The van der Waals surface area contributed by atoms with E-state index in [0.29, 0.717) is 35.3 Å². The average Bonchev–Trinajstić information content (AvgIpc) is 3.13. The number of benzene rings is 1. The number of fused-ring (bicyclic) bond motifs is 1. The molecular weight excluding hydrogens is 376 g/mol. The fourth-order valence-corrected chi connectivity index (χ4v) is 4.41. The SMILES string of the molecule is CCOCc1cc(C(=O)NNC(=O)c2cc3c(s2)CC[C@H](C)C3)ccc1OC. The number of amides is 2. The number of nitrogens with one attached hydrogen (secondary N) is 2. The first-order chi connectivity index (χ1) is 13.5. The summed E-state index contributed by atoms with van der Waals surface area (Å²) in [6, 6.07) is 7.03. The van der Waals surface area contributed by atoms with Gasteiger partial charge in [-0.25, -0.2) is 0 Å². The zero-order chi connectivity index (χ0) is 20.1. The third kappa shape index (κ3) is 4.72. The normalized spacial score (nSPS) is 15.6. The monoisotopic (exact) mass is 402 g/mol. The van der Waals surface area contributed by atoms with Crippen molar-refractivity contribution in [2.24, 2.45) is 5.92 Å². The molecule has 2 amide bonds. The van der Waals surface area contributed by atoms with Gasteiger partial charge in [0.05, 0.1) is 18.6 Å². The number of hydrogen-bond donors (Lipinski definition) is 2. The highest BCUT2D eigenvalue weighted by Crippen LogP contribution is 2.32. The number of carbonyl (C=O) groups excluding carboxylic acids is 2. The first-order valence-electron chi connectivity index (χ1n) is 9.48. The number of aryl methyl sites for hydroxylation is 1. The molecule has 0 spiro atoms. The van der Waals surface area contributed by atoms with Crippen LogP contribution in [0, 0.1) is 5.92 Å². The van der Waals surface area contributed by atoms with Gasteiger partial charge >= 0.3 is 0 Å². The summed E-state index contributed by atoms with van der Waals surface area (Å²) >= 11 is 1.51. The molecule has 0 saturated carbocycles. The minimum absolute atomic E-state index is 0.288. The number of methoxy groups -OCH3 is 1. The molecule has 28 heavy (non-hydrogen) atoms. The summed E-state index contributed by atoms with van der Waals surface area (Å²) in [6.45, 7) is 5.06. The van der Waals surface area contributed by atoms with Crippen LogP contribution in [0.1, 0.15) is 56.3 Å². The molecule has 0 radical (unpaired) electrons. The van der Waals surface area contributed by atoms with Crippen LogP contribution in [0.5, 0.6) is 5.75 Å². The minimum atomic E-state index is -0.385. The first-order valence-corrected chi connectivity index (χ1v) is 10.3. The molecule has 1 aromatic carbocycles. The van der Waals surface area contributed by atoms with Crippen LogP contribution in [-0.4, -0.2) is 25.5 Å². The number of rotatable bonds is 6. The van der Waals surface area contributed by atoms with Crippen molar-refractivity contribution in [2.45, 2.75) is 39.7 Å². The van der Waals surface area contributed by atoms with Gasteiger partial charge < -0.3 is 9.47 Å². The maximum atomic E-state index is 12.4. The van der Waals surface area contributed by atoms with Gasteiger partial charge in [-0.05, 0) is 61.9 Å². The van der Waals surface area contributed by atoms with Crippen molar-refractivity contribution in [3.63, 3.8) is 0 Å². The molecule has 1 aliphatic rings. The number of ether oxygens (including phenoxy) is 2. The molecule has 6 nitrogen and oxygen atoms in total. The van der Waals surface area contributed by atoms with Gasteiger partial charge in [-0.3, -0.25) is 20.4 Å². The standard InChI is InChI=1S/C21H26N2O4S/c1-4-27-12-16-10-14(6-7-17(16)26-3)20(24)22-23-21(25)19-11-15-9-13(2)5-8-18(15)28-19/h6-7,10-11,13H,4-5,8-9,12H2,1-3H3,(H,22,24)(H,23,25)/t13-/m0/s1. The van der Waals surface area contributed by atoms with E-state index in [1.54, 1.807) is 25.3 Å². The molecule has 0 bridgehead atoms. The number of hydrogen-bond acceptors (Lipinski definition) is 5. The van der Waals surface area contributed by atoms with Gasteiger partial charge in [-0.1, -0.05) is 6.92 Å². The third-order valence-electron chi connectivity index (χ3n) is 4.85. The number of thiophene rings is 1. The van der Waals surface area contributed by atoms with E-state index in [9.17, 15) is 9.59 Å². The van der Waals surface area contributed by atoms with Crippen molar-refractivity contribution in [2.75, 3.05) is 13.7 Å². The van der Waals surface area contributed by atoms with E-state index in [1.807, 2.05) is 13.0 Å². The van der Waals surface area contributed by atoms with Gasteiger partial charge in [-0.2, -0.15) is 0 Å². The second-order valence-corrected chi connectivity index (χ2v) is 8.12. The van der Waals surface area contributed by atoms with Gasteiger partial charge in [0.15, 0.2) is 0 Å². The van der Waals surface area contributed by atoms with Gasteiger partial charge in [-0.15, -0.1) is 11.3 Å². The Morgan fingerprint density at radius 2 is 2.00 bits per heavy atom. The Labute approximate surface area is 169 Å². The van der Waals surface area contributed by atoms with Crippen LogP contribution in [-0.2, 0) is 24.2 Å². The molecule has 150 valence electrons. The molecule has 2 aromatic rings. The summed E-state index contributed by atoms with van der Waals surface area (Å²) in [5.41, 5.74) is 7.48. The van der Waals surface area contributed by atoms with Crippen molar-refractivity contribution >= 4 is 23.2 Å². The quantitative estimate of drug-likeness (QED) is 0.725. The lowest BCUT2D eigenvalue weighted by Gasteiger charge is -2.16. The van der Waals surface area contributed by atoms with Crippen molar-refractivity contribution < 1.29 is 19.1 Å². The summed E-state index contributed by atoms with van der Waals surface area (Å²) in [5, 5.41) is 0.